The van der Waals surface area contributed by atoms with Crippen LogP contribution in [0, 0.1) is 0 Å². The molecule has 0 N–H and O–H groups in total. The van der Waals surface area contributed by atoms with Gasteiger partial charge in [-0.15, -0.1) is 0 Å². The van der Waals surface area contributed by atoms with Crippen molar-refractivity contribution in [3.63, 3.8) is 0 Å². The minimum Gasteiger partial charge on any atom is -0.379 e. The molecule has 0 aromatic heterocycles. The second-order valence-electron chi connectivity index (χ2n) is 15.5. The van der Waals surface area contributed by atoms with Gasteiger partial charge in [-0.2, -0.15) is 0 Å². The van der Waals surface area contributed by atoms with Gasteiger partial charge in [-0.3, -0.25) is 0 Å². The third kappa shape index (κ3) is 29.1. The molecule has 0 atom stereocenters. The zero-order chi connectivity index (χ0) is 46.4. The maximum atomic E-state index is 6.74. The van der Waals surface area contributed by atoms with E-state index in [1.807, 2.05) is 54.6 Å². The number of hydrogen-bond acceptors (Lipinski definition) is 13. The number of unbranched alkanes of at least 4 members (excludes halogenated alkanes) is 7. The van der Waals surface area contributed by atoms with Crippen molar-refractivity contribution in [3.05, 3.63) is 108 Å². The first-order valence-electron chi connectivity index (χ1n) is 24.6. The molecule has 3 aromatic carbocycles. The average molecular weight is 929 g/mol. The molecule has 0 heterocycles. The van der Waals surface area contributed by atoms with Crippen molar-refractivity contribution in [2.24, 2.45) is 0 Å². The molecular weight excluding hydrogens is 845 g/mol. The van der Waals surface area contributed by atoms with E-state index >= 15 is 0 Å². The molecule has 0 aliphatic carbocycles. The lowest BCUT2D eigenvalue weighted by atomic mass is 9.80. The van der Waals surface area contributed by atoms with Crippen LogP contribution in [-0.2, 0) is 67.2 Å². The van der Waals surface area contributed by atoms with Gasteiger partial charge in [-0.05, 0) is 23.1 Å². The molecule has 0 saturated carbocycles. The molecule has 66 heavy (non-hydrogen) atoms. The van der Waals surface area contributed by atoms with Crippen molar-refractivity contribution in [1.29, 1.82) is 0 Å². The monoisotopic (exact) mass is 929 g/mol. The second kappa shape index (κ2) is 43.4. The Labute approximate surface area is 397 Å². The van der Waals surface area contributed by atoms with Crippen LogP contribution in [0.15, 0.2) is 91.0 Å². The van der Waals surface area contributed by atoms with Crippen LogP contribution in [0.4, 0.5) is 0 Å². The fourth-order valence-electron chi connectivity index (χ4n) is 6.88. The Morgan fingerprint density at radius 1 is 0.242 bits per heavy atom. The molecule has 0 saturated heterocycles. The highest BCUT2D eigenvalue weighted by atomic mass is 16.6. The minimum absolute atomic E-state index is 0.415. The molecule has 3 rings (SSSR count). The van der Waals surface area contributed by atoms with Gasteiger partial charge in [0.1, 0.15) is 5.60 Å². The largest absolute Gasteiger partial charge is 0.379 e. The molecule has 0 amide bonds. The molecular formula is C53H84O13. The molecule has 0 bridgehead atoms. The van der Waals surface area contributed by atoms with Crippen LogP contribution in [0.2, 0.25) is 0 Å². The quantitative estimate of drug-likeness (QED) is 0.0399. The molecule has 0 aliphatic heterocycles. The van der Waals surface area contributed by atoms with Crippen molar-refractivity contribution >= 4 is 0 Å². The highest BCUT2D eigenvalue weighted by molar-refractivity contribution is 5.47. The maximum Gasteiger partial charge on any atom is 0.143 e. The Hall–Kier alpha value is -2.86. The fraction of sp³-hybridized carbons (Fsp3) is 0.660. The van der Waals surface area contributed by atoms with Crippen LogP contribution in [0.1, 0.15) is 75.0 Å². The van der Waals surface area contributed by atoms with E-state index in [2.05, 4.69) is 43.3 Å². The third-order valence-electron chi connectivity index (χ3n) is 10.3. The van der Waals surface area contributed by atoms with Gasteiger partial charge < -0.3 is 61.6 Å². The summed E-state index contributed by atoms with van der Waals surface area (Å²) in [6, 6.07) is 31.0. The lowest BCUT2D eigenvalue weighted by Gasteiger charge is -2.36. The topological polar surface area (TPSA) is 120 Å². The van der Waals surface area contributed by atoms with Gasteiger partial charge in [-0.1, -0.05) is 143 Å². The highest BCUT2D eigenvalue weighted by Gasteiger charge is 2.37. The molecule has 0 radical (unpaired) electrons. The van der Waals surface area contributed by atoms with Crippen LogP contribution >= 0.6 is 0 Å². The van der Waals surface area contributed by atoms with E-state index in [4.69, 9.17) is 61.6 Å². The summed E-state index contributed by atoms with van der Waals surface area (Å²) in [5, 5.41) is 0. The normalized spacial score (nSPS) is 11.8. The molecule has 13 heteroatoms. The molecule has 13 nitrogen and oxygen atoms in total. The molecule has 374 valence electrons. The van der Waals surface area contributed by atoms with Gasteiger partial charge in [0.25, 0.3) is 0 Å². The van der Waals surface area contributed by atoms with Gasteiger partial charge in [0.2, 0.25) is 0 Å². The number of hydrogen-bond donors (Lipinski definition) is 0. The van der Waals surface area contributed by atoms with Crippen molar-refractivity contribution in [2.45, 2.75) is 63.9 Å². The molecule has 0 spiro atoms. The lowest BCUT2D eigenvalue weighted by molar-refractivity contribution is -0.0399. The van der Waals surface area contributed by atoms with E-state index in [-0.39, 0.29) is 0 Å². The van der Waals surface area contributed by atoms with Crippen molar-refractivity contribution in [2.75, 3.05) is 165 Å². The number of ether oxygens (including phenoxy) is 13. The number of rotatable bonds is 49. The molecule has 0 aliphatic rings. The van der Waals surface area contributed by atoms with Gasteiger partial charge in [0, 0.05) is 6.61 Å². The molecule has 3 aromatic rings. The van der Waals surface area contributed by atoms with Gasteiger partial charge in [-0.25, -0.2) is 0 Å². The zero-order valence-electron chi connectivity index (χ0n) is 40.3. The van der Waals surface area contributed by atoms with Gasteiger partial charge in [0.15, 0.2) is 0 Å². The second-order valence-corrected chi connectivity index (χ2v) is 15.5. The van der Waals surface area contributed by atoms with Crippen molar-refractivity contribution < 1.29 is 61.6 Å². The Kier molecular flexibility index (Phi) is 37.8. The summed E-state index contributed by atoms with van der Waals surface area (Å²) >= 11 is 0. The van der Waals surface area contributed by atoms with Crippen LogP contribution in [0.5, 0.6) is 0 Å². The fourth-order valence-corrected chi connectivity index (χ4v) is 6.88. The summed E-state index contributed by atoms with van der Waals surface area (Å²) in [4.78, 5) is 0. The van der Waals surface area contributed by atoms with Crippen LogP contribution in [0.3, 0.4) is 0 Å². The Morgan fingerprint density at radius 3 is 0.712 bits per heavy atom. The summed E-state index contributed by atoms with van der Waals surface area (Å²) < 4.78 is 73.9. The van der Waals surface area contributed by atoms with Crippen molar-refractivity contribution in [3.8, 4) is 0 Å². The van der Waals surface area contributed by atoms with E-state index in [9.17, 15) is 0 Å². The van der Waals surface area contributed by atoms with Crippen LogP contribution < -0.4 is 0 Å². The van der Waals surface area contributed by atoms with Gasteiger partial charge >= 0.3 is 0 Å². The Bertz CT molecular complexity index is 1330. The summed E-state index contributed by atoms with van der Waals surface area (Å²) in [5.41, 5.74) is 2.45. The summed E-state index contributed by atoms with van der Waals surface area (Å²) in [5.74, 6) is 0. The smallest absolute Gasteiger partial charge is 0.143 e. The first-order chi connectivity index (χ1) is 32.9. The maximum absolute atomic E-state index is 6.74. The zero-order valence-corrected chi connectivity index (χ0v) is 40.3. The van der Waals surface area contributed by atoms with E-state index in [0.29, 0.717) is 159 Å². The van der Waals surface area contributed by atoms with E-state index < -0.39 is 5.60 Å². The first-order valence-corrected chi connectivity index (χ1v) is 24.6. The third-order valence-corrected chi connectivity index (χ3v) is 10.3. The Balaban J connectivity index is 0.970. The van der Waals surface area contributed by atoms with E-state index in [1.165, 1.54) is 44.9 Å². The van der Waals surface area contributed by atoms with E-state index in [1.54, 1.807) is 0 Å². The molecule has 0 fully saturated rings. The minimum atomic E-state index is -0.754. The predicted molar refractivity (Wildman–Crippen MR) is 258 cm³/mol. The summed E-state index contributed by atoms with van der Waals surface area (Å²) in [6.45, 7) is 15.4. The SMILES string of the molecule is CCCCCCCCCCOCCOCCOCCOCCOCCOCCOCCOCCOCCOCCOCCOCCOC(c1ccccc1)(c1ccccc1)c1ccccc1. The Morgan fingerprint density at radius 2 is 0.455 bits per heavy atom. The first kappa shape index (κ1) is 57.5. The standard InChI is InChI=1S/C53H84O13/c1-2-3-4-5-6-7-8-18-25-54-26-27-55-28-29-56-30-31-57-32-33-58-34-35-59-36-37-60-38-39-61-40-41-62-42-43-63-44-45-64-46-47-65-48-49-66-53(50-19-12-9-13-20-50,51-21-14-10-15-22-51)52-23-16-11-17-24-52/h9-17,19-24H,2-8,18,25-49H2,1H3. The van der Waals surface area contributed by atoms with Crippen LogP contribution in [-0.4, -0.2) is 165 Å². The summed E-state index contributed by atoms with van der Waals surface area (Å²) in [6.07, 6.45) is 10.5. The number of benzene rings is 3. The lowest BCUT2D eigenvalue weighted by Crippen LogP contribution is -2.34. The van der Waals surface area contributed by atoms with Crippen molar-refractivity contribution in [1.82, 2.24) is 0 Å². The predicted octanol–water partition coefficient (Wildman–Crippen LogP) is 8.34. The average Bonchev–Trinajstić information content (AvgIpc) is 3.36. The highest BCUT2D eigenvalue weighted by Crippen LogP contribution is 2.40. The molecule has 0 unspecified atom stereocenters. The van der Waals surface area contributed by atoms with Gasteiger partial charge in [0.05, 0.1) is 159 Å². The van der Waals surface area contributed by atoms with E-state index in [0.717, 1.165) is 29.7 Å². The van der Waals surface area contributed by atoms with Crippen LogP contribution in [0.25, 0.3) is 0 Å². The summed E-state index contributed by atoms with van der Waals surface area (Å²) in [7, 11) is 0.